The fourth-order valence-electron chi connectivity index (χ4n) is 8.71. The first-order valence-corrected chi connectivity index (χ1v) is 16.8. The van der Waals surface area contributed by atoms with Crippen molar-refractivity contribution in [2.24, 2.45) is 17.8 Å². The van der Waals surface area contributed by atoms with E-state index in [1.807, 2.05) is 53.4 Å². The fraction of sp³-hybridized carbons (Fsp3) is 0.581. The summed E-state index contributed by atoms with van der Waals surface area (Å²) in [4.78, 5) is 17.7. The zero-order valence-corrected chi connectivity index (χ0v) is 24.4. The zero-order chi connectivity index (χ0) is 28.6. The number of nitrogens with zero attached hydrogens (tertiary/aromatic N) is 3. The van der Waals surface area contributed by atoms with E-state index >= 15 is 0 Å². The van der Waals surface area contributed by atoms with Crippen molar-refractivity contribution in [1.82, 2.24) is 9.62 Å². The highest BCUT2D eigenvalue weighted by Crippen LogP contribution is 2.55. The van der Waals surface area contributed by atoms with Crippen LogP contribution in [0.5, 0.6) is 0 Å². The number of fused-ring (bicyclic) bond motifs is 1. The highest BCUT2D eigenvalue weighted by Gasteiger charge is 2.55. The van der Waals surface area contributed by atoms with E-state index in [9.17, 15) is 23.4 Å². The van der Waals surface area contributed by atoms with Crippen molar-refractivity contribution in [2.75, 3.05) is 42.2 Å². The second kappa shape index (κ2) is 9.69. The Balaban J connectivity index is 1.06. The molecule has 2 aliphatic heterocycles. The number of hydrogen-bond acceptors (Lipinski definition) is 6. The third-order valence-electron chi connectivity index (χ3n) is 10.5. The number of aliphatic hydroxyl groups is 2. The molecule has 2 atom stereocenters. The molecule has 4 aliphatic carbocycles. The molecule has 41 heavy (non-hydrogen) atoms. The molecule has 3 N–H and O–H groups in total. The van der Waals surface area contributed by atoms with Crippen molar-refractivity contribution in [3.63, 3.8) is 0 Å². The summed E-state index contributed by atoms with van der Waals surface area (Å²) in [5, 5.41) is 25.6. The molecule has 2 heterocycles. The molecule has 220 valence electrons. The second-order valence-electron chi connectivity index (χ2n) is 13.2. The average molecular weight is 581 g/mol. The Labute approximate surface area is 242 Å². The van der Waals surface area contributed by atoms with Crippen LogP contribution in [0.3, 0.4) is 0 Å². The van der Waals surface area contributed by atoms with Gasteiger partial charge in [0.15, 0.2) is 0 Å². The van der Waals surface area contributed by atoms with Gasteiger partial charge in [-0.1, -0.05) is 24.3 Å². The number of hydrogen-bond donors (Lipinski definition) is 3. The Morgan fingerprint density at radius 1 is 0.878 bits per heavy atom. The normalized spacial score (nSPS) is 32.6. The maximum absolute atomic E-state index is 13.7. The molecule has 2 unspecified atom stereocenters. The molecule has 0 spiro atoms. The third kappa shape index (κ3) is 4.82. The van der Waals surface area contributed by atoms with Gasteiger partial charge in [-0.25, -0.2) is 17.5 Å². The van der Waals surface area contributed by atoms with Gasteiger partial charge in [0.25, 0.3) is 0 Å². The summed E-state index contributed by atoms with van der Waals surface area (Å²) in [6, 6.07) is 15.9. The van der Waals surface area contributed by atoms with E-state index < -0.39 is 21.2 Å². The number of benzene rings is 2. The number of piperidine rings is 1. The largest absolute Gasteiger partial charge is 0.390 e. The van der Waals surface area contributed by atoms with Gasteiger partial charge in [0.05, 0.1) is 28.8 Å². The maximum atomic E-state index is 13.7. The van der Waals surface area contributed by atoms with E-state index in [2.05, 4.69) is 10.2 Å². The van der Waals surface area contributed by atoms with Gasteiger partial charge >= 0.3 is 6.03 Å². The first-order chi connectivity index (χ1) is 19.5. The molecule has 6 aliphatic rings. The number of nitrogens with one attached hydrogen (secondary N) is 1. The average Bonchev–Trinajstić information content (AvgIpc) is 2.93. The molecule has 10 heteroatoms. The maximum Gasteiger partial charge on any atom is 0.322 e. The highest BCUT2D eigenvalue weighted by atomic mass is 32.2. The van der Waals surface area contributed by atoms with E-state index in [4.69, 9.17) is 0 Å². The van der Waals surface area contributed by atoms with Crippen LogP contribution in [0.4, 0.5) is 21.9 Å². The van der Waals surface area contributed by atoms with Crippen molar-refractivity contribution >= 4 is 33.1 Å². The number of carbonyl (C=O) groups excluding carboxylic acids is 1. The van der Waals surface area contributed by atoms with Crippen LogP contribution in [0.25, 0.3) is 0 Å². The lowest BCUT2D eigenvalue weighted by Crippen LogP contribution is -2.63. The molecule has 4 saturated carbocycles. The quantitative estimate of drug-likeness (QED) is 0.510. The van der Waals surface area contributed by atoms with Crippen molar-refractivity contribution < 1.29 is 23.4 Å². The lowest BCUT2D eigenvalue weighted by Gasteiger charge is -2.58. The predicted molar refractivity (Wildman–Crippen MR) is 158 cm³/mol. The molecule has 5 fully saturated rings. The van der Waals surface area contributed by atoms with E-state index in [0.717, 1.165) is 54.7 Å². The molecule has 0 radical (unpaired) electrons. The van der Waals surface area contributed by atoms with E-state index in [-0.39, 0.29) is 12.1 Å². The zero-order valence-electron chi connectivity index (χ0n) is 23.6. The minimum atomic E-state index is -3.26. The number of para-hydroxylation sites is 2. The van der Waals surface area contributed by atoms with Crippen LogP contribution in [0.15, 0.2) is 48.5 Å². The summed E-state index contributed by atoms with van der Waals surface area (Å²) in [5.41, 5.74) is 2.03. The van der Waals surface area contributed by atoms with Crippen LogP contribution in [-0.2, 0) is 15.6 Å². The van der Waals surface area contributed by atoms with Gasteiger partial charge in [-0.3, -0.25) is 4.90 Å². The highest BCUT2D eigenvalue weighted by molar-refractivity contribution is 7.88. The van der Waals surface area contributed by atoms with Crippen LogP contribution in [-0.4, -0.2) is 73.0 Å². The summed E-state index contributed by atoms with van der Waals surface area (Å²) >= 11 is 0. The van der Waals surface area contributed by atoms with Crippen LogP contribution in [0.1, 0.15) is 50.5 Å². The van der Waals surface area contributed by atoms with Crippen LogP contribution in [0, 0.1) is 17.8 Å². The standard InChI is InChI=1S/C31H40N4O5S/c1-41(39,40)33-12-10-31(38,11-13-33)24-6-8-25(9-7-24)34-14-15-35(27-5-3-2-4-26(27)34)29(36)32-28-22-16-21-17-23(28)20-30(37,18-21)19-22/h2-9,21-23,28,37-38H,10-20H2,1H3,(H,32,36)/t21?,22?,23?,28-,30+. The van der Waals surface area contributed by atoms with Crippen molar-refractivity contribution in [3.05, 3.63) is 54.1 Å². The van der Waals surface area contributed by atoms with Gasteiger partial charge in [-0.15, -0.1) is 0 Å². The predicted octanol–water partition coefficient (Wildman–Crippen LogP) is 3.54. The van der Waals surface area contributed by atoms with Crippen LogP contribution >= 0.6 is 0 Å². The number of rotatable bonds is 4. The first kappa shape index (κ1) is 27.2. The van der Waals surface area contributed by atoms with Crippen molar-refractivity contribution in [2.45, 2.75) is 62.2 Å². The Morgan fingerprint density at radius 2 is 1.51 bits per heavy atom. The molecular weight excluding hydrogens is 540 g/mol. The van der Waals surface area contributed by atoms with E-state index in [1.54, 1.807) is 0 Å². The fourth-order valence-corrected chi connectivity index (χ4v) is 9.55. The molecular formula is C31H40N4O5S. The van der Waals surface area contributed by atoms with Gasteiger partial charge in [0, 0.05) is 37.9 Å². The molecule has 0 aromatic heterocycles. The van der Waals surface area contributed by atoms with Crippen LogP contribution in [0.2, 0.25) is 0 Å². The van der Waals surface area contributed by atoms with Gasteiger partial charge in [-0.2, -0.15) is 0 Å². The summed E-state index contributed by atoms with van der Waals surface area (Å²) in [5.74, 6) is 1.32. The minimum absolute atomic E-state index is 0.0560. The number of carbonyl (C=O) groups is 1. The summed E-state index contributed by atoms with van der Waals surface area (Å²) in [6.45, 7) is 1.79. The lowest BCUT2D eigenvalue weighted by atomic mass is 9.52. The van der Waals surface area contributed by atoms with Crippen molar-refractivity contribution in [3.8, 4) is 0 Å². The second-order valence-corrected chi connectivity index (χ2v) is 15.2. The molecule has 4 bridgehead atoms. The summed E-state index contributed by atoms with van der Waals surface area (Å²) in [6.07, 6.45) is 6.67. The van der Waals surface area contributed by atoms with Crippen LogP contribution < -0.4 is 15.1 Å². The first-order valence-electron chi connectivity index (χ1n) is 15.0. The van der Waals surface area contributed by atoms with Gasteiger partial charge < -0.3 is 20.4 Å². The molecule has 2 amide bonds. The lowest BCUT2D eigenvalue weighted by molar-refractivity contribution is -0.136. The molecule has 2 aromatic carbocycles. The number of urea groups is 1. The summed E-state index contributed by atoms with van der Waals surface area (Å²) < 4.78 is 25.2. The molecule has 2 aromatic rings. The SMILES string of the molecule is CS(=O)(=O)N1CCC(O)(c2ccc(N3CCN(C(=O)N[C@H]4C5CC6CC4C[C@@](O)(C6)C5)c4ccccc43)cc2)CC1. The van der Waals surface area contributed by atoms with Crippen molar-refractivity contribution in [1.29, 1.82) is 0 Å². The third-order valence-corrected chi connectivity index (χ3v) is 11.8. The van der Waals surface area contributed by atoms with E-state index in [0.29, 0.717) is 56.8 Å². The monoisotopic (exact) mass is 580 g/mol. The number of sulfonamides is 1. The molecule has 8 rings (SSSR count). The van der Waals surface area contributed by atoms with E-state index in [1.165, 1.54) is 10.6 Å². The Morgan fingerprint density at radius 3 is 2.12 bits per heavy atom. The topological polar surface area (TPSA) is 113 Å². The van der Waals surface area contributed by atoms with Gasteiger partial charge in [0.1, 0.15) is 0 Å². The summed E-state index contributed by atoms with van der Waals surface area (Å²) in [7, 11) is -3.26. The van der Waals surface area contributed by atoms with Gasteiger partial charge in [0.2, 0.25) is 10.0 Å². The number of amides is 2. The minimum Gasteiger partial charge on any atom is -0.390 e. The molecule has 9 nitrogen and oxygen atoms in total. The Kier molecular flexibility index (Phi) is 6.43. The molecule has 1 saturated heterocycles. The number of anilines is 3. The Bertz CT molecular complexity index is 1420. The van der Waals surface area contributed by atoms with Gasteiger partial charge in [-0.05, 0) is 92.5 Å². The Hall–Kier alpha value is -2.66. The smallest absolute Gasteiger partial charge is 0.322 e.